The molecular weight excluding hydrogens is 397 g/mol. The highest BCUT2D eigenvalue weighted by atomic mass is 19.2. The topological polar surface area (TPSA) is 71.8 Å². The number of fused-ring (bicyclic) bond motifs is 1. The minimum absolute atomic E-state index is 0.166. The number of rotatable bonds is 6. The molecule has 0 radical (unpaired) electrons. The van der Waals surface area contributed by atoms with Gasteiger partial charge in [-0.2, -0.15) is 0 Å². The minimum Gasteiger partial charge on any atom is -0.340 e. The van der Waals surface area contributed by atoms with Gasteiger partial charge in [0.2, 0.25) is 17.9 Å². The Bertz CT molecular complexity index is 972. The Kier molecular flexibility index (Phi) is 6.51. The third kappa shape index (κ3) is 4.36. The maximum Gasteiger partial charge on any atom is 0.242 e. The summed E-state index contributed by atoms with van der Waals surface area (Å²) >= 11 is 0. The molecule has 1 aromatic carbocycles. The van der Waals surface area contributed by atoms with Crippen LogP contribution in [0.5, 0.6) is 0 Å². The molecule has 0 spiro atoms. The summed E-state index contributed by atoms with van der Waals surface area (Å²) in [5, 5.41) is 0. The molecule has 2 N–H and O–H groups in total. The number of anilines is 1. The lowest BCUT2D eigenvalue weighted by Gasteiger charge is -2.34. The lowest BCUT2D eigenvalue weighted by Crippen LogP contribution is -2.50. The van der Waals surface area contributed by atoms with Crippen molar-refractivity contribution in [3.05, 3.63) is 35.2 Å². The number of imidazole rings is 1. The molecule has 1 amide bonds. The van der Waals surface area contributed by atoms with E-state index in [1.54, 1.807) is 11.8 Å². The number of alkyl halides is 1. The lowest BCUT2D eigenvalue weighted by atomic mass is 10.1. The van der Waals surface area contributed by atoms with Gasteiger partial charge in [0.05, 0.1) is 23.6 Å². The first-order valence-corrected chi connectivity index (χ1v) is 9.89. The van der Waals surface area contributed by atoms with E-state index in [9.17, 15) is 18.0 Å². The zero-order chi connectivity index (χ0) is 22.0. The van der Waals surface area contributed by atoms with Gasteiger partial charge in [-0.1, -0.05) is 0 Å². The Labute approximate surface area is 173 Å². The number of benzene rings is 1. The monoisotopic (exact) mass is 422 g/mol. The molecule has 7 nitrogen and oxygen atoms in total. The molecule has 0 saturated carbocycles. The number of amides is 1. The van der Waals surface area contributed by atoms with E-state index < -0.39 is 23.8 Å². The summed E-state index contributed by atoms with van der Waals surface area (Å²) in [6.45, 7) is 11.6. The number of carbonyl (C=O) groups is 1. The number of piperidine rings is 1. The molecule has 162 valence electrons. The minimum atomic E-state index is -1.14. The van der Waals surface area contributed by atoms with Gasteiger partial charge in [-0.15, -0.1) is 0 Å². The molecule has 1 aromatic heterocycles. The molecule has 1 unspecified atom stereocenters. The van der Waals surface area contributed by atoms with Crippen molar-refractivity contribution in [2.24, 2.45) is 5.73 Å². The Balaban J connectivity index is 1.99. The number of nitrogens with zero attached hydrogens (tertiary/aromatic N) is 5. The second-order valence-corrected chi connectivity index (χ2v) is 7.58. The molecule has 2 aromatic rings. The molecule has 10 heteroatoms. The van der Waals surface area contributed by atoms with E-state index in [-0.39, 0.29) is 49.0 Å². The van der Waals surface area contributed by atoms with E-state index in [1.165, 1.54) is 9.47 Å². The van der Waals surface area contributed by atoms with Crippen LogP contribution in [-0.4, -0.2) is 64.8 Å². The second kappa shape index (κ2) is 8.92. The Morgan fingerprint density at radius 2 is 2.13 bits per heavy atom. The van der Waals surface area contributed by atoms with Crippen molar-refractivity contribution < 1.29 is 18.0 Å². The average molecular weight is 422 g/mol. The van der Waals surface area contributed by atoms with Gasteiger partial charge in [0.25, 0.3) is 0 Å². The van der Waals surface area contributed by atoms with Crippen LogP contribution in [0.4, 0.5) is 19.1 Å². The molecule has 0 bridgehead atoms. The Hall–Kier alpha value is -2.80. The van der Waals surface area contributed by atoms with E-state index in [0.717, 1.165) is 12.1 Å². The van der Waals surface area contributed by atoms with Gasteiger partial charge in [0.15, 0.2) is 11.6 Å². The van der Waals surface area contributed by atoms with E-state index in [2.05, 4.69) is 9.83 Å². The Morgan fingerprint density at radius 1 is 1.43 bits per heavy atom. The first-order valence-electron chi connectivity index (χ1n) is 9.89. The van der Waals surface area contributed by atoms with Crippen LogP contribution < -0.4 is 10.6 Å². The first-order chi connectivity index (χ1) is 14.2. The van der Waals surface area contributed by atoms with Crippen molar-refractivity contribution in [1.82, 2.24) is 14.5 Å². The number of hydrogen-bond acceptors (Lipinski definition) is 4. The van der Waals surface area contributed by atoms with Gasteiger partial charge in [0, 0.05) is 38.7 Å². The molecule has 1 fully saturated rings. The molecule has 2 heterocycles. The number of carbonyl (C=O) groups excluding carboxylic acids is 1. The van der Waals surface area contributed by atoms with E-state index in [1.807, 2.05) is 6.92 Å². The van der Waals surface area contributed by atoms with Gasteiger partial charge in [-0.3, -0.25) is 4.79 Å². The van der Waals surface area contributed by atoms with Gasteiger partial charge in [0.1, 0.15) is 12.7 Å². The summed E-state index contributed by atoms with van der Waals surface area (Å²) in [6, 6.07) is 0.910. The van der Waals surface area contributed by atoms with Crippen LogP contribution in [-0.2, 0) is 11.3 Å². The Morgan fingerprint density at radius 3 is 2.77 bits per heavy atom. The standard InChI is InChI=1S/C20H25F3N6O/c1-4-27(9-12(2)25-3)19(30)11-29-18-8-15(23)14(22)7-17(18)26-20(29)28-6-5-13(21)16(24)10-28/h7-8,12-13,16H,4-6,9-11,24H2,1-2H3/t12?,13-,16-/m1/s1. The highest BCUT2D eigenvalue weighted by molar-refractivity contribution is 5.83. The number of halogens is 3. The van der Waals surface area contributed by atoms with Gasteiger partial charge < -0.3 is 24.9 Å². The van der Waals surface area contributed by atoms with Crippen LogP contribution in [0, 0.1) is 18.2 Å². The third-order valence-corrected chi connectivity index (χ3v) is 5.36. The first kappa shape index (κ1) is 21.9. The maximum atomic E-state index is 13.9. The molecule has 1 saturated heterocycles. The van der Waals surface area contributed by atoms with Gasteiger partial charge in [-0.05, 0) is 13.3 Å². The summed E-state index contributed by atoms with van der Waals surface area (Å²) in [6.07, 6.45) is -0.939. The maximum absolute atomic E-state index is 13.9. The van der Waals surface area contributed by atoms with Crippen molar-refractivity contribution in [2.75, 3.05) is 31.1 Å². The fourth-order valence-electron chi connectivity index (χ4n) is 3.64. The van der Waals surface area contributed by atoms with Crippen LogP contribution in [0.3, 0.4) is 0 Å². The van der Waals surface area contributed by atoms with E-state index in [4.69, 9.17) is 12.3 Å². The van der Waals surface area contributed by atoms with Gasteiger partial charge >= 0.3 is 0 Å². The van der Waals surface area contributed by atoms with E-state index in [0.29, 0.717) is 19.0 Å². The average Bonchev–Trinajstić information content (AvgIpc) is 3.05. The number of aromatic nitrogens is 2. The molecule has 1 aliphatic heterocycles. The molecular formula is C20H25F3N6O. The molecule has 3 atom stereocenters. The molecule has 3 rings (SSSR count). The molecule has 30 heavy (non-hydrogen) atoms. The van der Waals surface area contributed by atoms with Crippen molar-refractivity contribution in [2.45, 2.75) is 45.1 Å². The quantitative estimate of drug-likeness (QED) is 0.726. The fourth-order valence-corrected chi connectivity index (χ4v) is 3.64. The van der Waals surface area contributed by atoms with Crippen LogP contribution in [0.1, 0.15) is 20.3 Å². The second-order valence-electron chi connectivity index (χ2n) is 7.58. The van der Waals surface area contributed by atoms with E-state index >= 15 is 0 Å². The normalized spacial score (nSPS) is 20.2. The SMILES string of the molecule is [C-]#[N+]C(C)CN(CC)C(=O)Cn1c(N2CC[C@@H](F)[C@H](N)C2)nc2cc(F)c(F)cc21. The summed E-state index contributed by atoms with van der Waals surface area (Å²) in [5.74, 6) is -2.04. The summed E-state index contributed by atoms with van der Waals surface area (Å²) in [7, 11) is 0. The number of nitrogens with two attached hydrogens (primary N) is 1. The summed E-state index contributed by atoms with van der Waals surface area (Å²) in [5.41, 5.74) is 6.33. The fraction of sp³-hybridized carbons (Fsp3) is 0.550. The van der Waals surface area contributed by atoms with Crippen molar-refractivity contribution in [3.63, 3.8) is 0 Å². The lowest BCUT2D eigenvalue weighted by molar-refractivity contribution is -0.131. The predicted octanol–water partition coefficient (Wildman–Crippen LogP) is 2.35. The third-order valence-electron chi connectivity index (χ3n) is 5.36. The zero-order valence-corrected chi connectivity index (χ0v) is 17.0. The van der Waals surface area contributed by atoms with Crippen LogP contribution in [0.2, 0.25) is 0 Å². The molecule has 1 aliphatic rings. The summed E-state index contributed by atoms with van der Waals surface area (Å²) in [4.78, 5) is 24.0. The highest BCUT2D eigenvalue weighted by Crippen LogP contribution is 2.27. The number of likely N-dealkylation sites (N-methyl/N-ethyl adjacent to an activating group) is 1. The van der Waals surface area contributed by atoms with Gasteiger partial charge in [-0.25, -0.2) is 24.7 Å². The van der Waals surface area contributed by atoms with Crippen molar-refractivity contribution in [1.29, 1.82) is 0 Å². The zero-order valence-electron chi connectivity index (χ0n) is 17.0. The van der Waals surface area contributed by atoms with Crippen LogP contribution in [0.15, 0.2) is 12.1 Å². The molecule has 0 aliphatic carbocycles. The van der Waals surface area contributed by atoms with Crippen LogP contribution in [0.25, 0.3) is 15.9 Å². The van der Waals surface area contributed by atoms with Crippen molar-refractivity contribution >= 4 is 22.9 Å². The highest BCUT2D eigenvalue weighted by Gasteiger charge is 2.30. The van der Waals surface area contributed by atoms with Crippen LogP contribution >= 0.6 is 0 Å². The van der Waals surface area contributed by atoms with Crippen molar-refractivity contribution in [3.8, 4) is 0 Å². The number of hydrogen-bond donors (Lipinski definition) is 1. The predicted molar refractivity (Wildman–Crippen MR) is 108 cm³/mol. The largest absolute Gasteiger partial charge is 0.340 e. The summed E-state index contributed by atoms with van der Waals surface area (Å²) < 4.78 is 43.0. The smallest absolute Gasteiger partial charge is 0.242 e.